The Labute approximate surface area is 490 Å². The van der Waals surface area contributed by atoms with Crippen LogP contribution in [0.2, 0.25) is 0 Å². The summed E-state index contributed by atoms with van der Waals surface area (Å²) in [6.07, 6.45) is 89.4. The van der Waals surface area contributed by atoms with E-state index in [0.29, 0.717) is 19.3 Å². The number of allylic oxidation sites excluding steroid dienone is 14. The normalized spacial score (nSPS) is 12.6. The summed E-state index contributed by atoms with van der Waals surface area (Å²) in [5.41, 5.74) is 0. The third kappa shape index (κ3) is 65.3. The Morgan fingerprint density at radius 2 is 0.494 bits per heavy atom. The Kier molecular flexibility index (Phi) is 64.2. The van der Waals surface area contributed by atoms with Crippen molar-refractivity contribution in [3.05, 3.63) is 85.1 Å². The summed E-state index contributed by atoms with van der Waals surface area (Å²) in [4.78, 5) is 38.0. The molecule has 0 bridgehead atoms. The first-order valence-electron chi connectivity index (χ1n) is 34.1. The van der Waals surface area contributed by atoms with Crippen molar-refractivity contribution in [1.29, 1.82) is 0 Å². The fourth-order valence-electron chi connectivity index (χ4n) is 9.80. The van der Waals surface area contributed by atoms with E-state index in [0.717, 1.165) is 103 Å². The molecule has 0 fully saturated rings. The van der Waals surface area contributed by atoms with Gasteiger partial charge in [0.1, 0.15) is 13.2 Å². The molecule has 1 unspecified atom stereocenters. The minimum Gasteiger partial charge on any atom is -0.462 e. The highest BCUT2D eigenvalue weighted by Crippen LogP contribution is 2.17. The molecule has 0 radical (unpaired) electrons. The van der Waals surface area contributed by atoms with Gasteiger partial charge in [-0.15, -0.1) is 0 Å². The molecule has 0 aliphatic carbocycles. The number of unbranched alkanes of at least 4 members (excludes halogenated alkanes) is 37. The van der Waals surface area contributed by atoms with Crippen LogP contribution in [0.4, 0.5) is 0 Å². The maximum Gasteiger partial charge on any atom is 0.306 e. The van der Waals surface area contributed by atoms with Crippen molar-refractivity contribution in [3.63, 3.8) is 0 Å². The average Bonchev–Trinajstić information content (AvgIpc) is 3.45. The highest BCUT2D eigenvalue weighted by molar-refractivity contribution is 5.71. The lowest BCUT2D eigenvalue weighted by molar-refractivity contribution is -0.167. The molecule has 0 heterocycles. The second-order valence-corrected chi connectivity index (χ2v) is 22.7. The summed E-state index contributed by atoms with van der Waals surface area (Å²) >= 11 is 0. The molecule has 0 aromatic carbocycles. The van der Waals surface area contributed by atoms with Gasteiger partial charge < -0.3 is 14.2 Å². The van der Waals surface area contributed by atoms with Gasteiger partial charge in [-0.1, -0.05) is 311 Å². The fourth-order valence-corrected chi connectivity index (χ4v) is 9.80. The monoisotopic (exact) mass is 1100 g/mol. The zero-order valence-electron chi connectivity index (χ0n) is 52.4. The highest BCUT2D eigenvalue weighted by Gasteiger charge is 2.19. The molecule has 0 saturated carbocycles. The molecule has 6 nitrogen and oxygen atoms in total. The maximum atomic E-state index is 12.8. The van der Waals surface area contributed by atoms with Gasteiger partial charge in [-0.05, 0) is 96.3 Å². The molecule has 0 aliphatic rings. The number of carbonyl (C=O) groups excluding carboxylic acids is 3. The molecule has 1 atom stereocenters. The predicted molar refractivity (Wildman–Crippen MR) is 344 cm³/mol. The molecule has 0 spiro atoms. The Hall–Kier alpha value is -3.41. The van der Waals surface area contributed by atoms with Crippen molar-refractivity contribution in [2.75, 3.05) is 13.2 Å². The fraction of sp³-hybridized carbons (Fsp3) is 0.767. The molecule has 0 aromatic heterocycles. The van der Waals surface area contributed by atoms with Gasteiger partial charge in [0.05, 0.1) is 0 Å². The van der Waals surface area contributed by atoms with Crippen LogP contribution in [0, 0.1) is 0 Å². The minimum absolute atomic E-state index is 0.0745. The van der Waals surface area contributed by atoms with Crippen LogP contribution in [0.5, 0.6) is 0 Å². The largest absolute Gasteiger partial charge is 0.462 e. The first-order valence-corrected chi connectivity index (χ1v) is 34.1. The van der Waals surface area contributed by atoms with Crippen molar-refractivity contribution in [2.45, 2.75) is 348 Å². The van der Waals surface area contributed by atoms with Crippen molar-refractivity contribution < 1.29 is 28.6 Å². The van der Waals surface area contributed by atoms with Crippen molar-refractivity contribution in [2.24, 2.45) is 0 Å². The molecule has 0 amide bonds. The van der Waals surface area contributed by atoms with Crippen molar-refractivity contribution >= 4 is 17.9 Å². The van der Waals surface area contributed by atoms with Crippen molar-refractivity contribution in [3.8, 4) is 0 Å². The Morgan fingerprint density at radius 1 is 0.266 bits per heavy atom. The van der Waals surface area contributed by atoms with Crippen LogP contribution in [0.3, 0.4) is 0 Å². The SMILES string of the molecule is CC/C=C\C/C=C\C/C=C\C/C=C\CCCCCCCCCCCCCCCCCCCCC(=O)OCC(COC(=O)CCCCCCC)OC(=O)CCCCCCCCCCCC/C=C\C/C=C\C/C=C\CCCCCCC. The molecule has 79 heavy (non-hydrogen) atoms. The molecular weight excluding hydrogens is 973 g/mol. The molecule has 0 N–H and O–H groups in total. The third-order valence-corrected chi connectivity index (χ3v) is 14.9. The van der Waals surface area contributed by atoms with Crippen LogP contribution in [0.15, 0.2) is 85.1 Å². The topological polar surface area (TPSA) is 78.9 Å². The zero-order valence-corrected chi connectivity index (χ0v) is 52.4. The zero-order chi connectivity index (χ0) is 57.1. The number of hydrogen-bond acceptors (Lipinski definition) is 6. The summed E-state index contributed by atoms with van der Waals surface area (Å²) < 4.78 is 16.8. The van der Waals surface area contributed by atoms with E-state index in [1.54, 1.807) is 0 Å². The molecule has 0 saturated heterocycles. The van der Waals surface area contributed by atoms with Crippen LogP contribution in [-0.2, 0) is 28.6 Å². The lowest BCUT2D eigenvalue weighted by atomic mass is 10.0. The molecule has 0 aliphatic heterocycles. The van der Waals surface area contributed by atoms with Crippen LogP contribution in [-0.4, -0.2) is 37.2 Å². The summed E-state index contributed by atoms with van der Waals surface area (Å²) in [6, 6.07) is 0. The highest BCUT2D eigenvalue weighted by atomic mass is 16.6. The summed E-state index contributed by atoms with van der Waals surface area (Å²) in [7, 11) is 0. The number of carbonyl (C=O) groups is 3. The summed E-state index contributed by atoms with van der Waals surface area (Å²) in [5, 5.41) is 0. The van der Waals surface area contributed by atoms with E-state index < -0.39 is 6.10 Å². The van der Waals surface area contributed by atoms with Crippen LogP contribution >= 0.6 is 0 Å². The van der Waals surface area contributed by atoms with E-state index in [4.69, 9.17) is 14.2 Å². The summed E-state index contributed by atoms with van der Waals surface area (Å²) in [6.45, 7) is 6.47. The van der Waals surface area contributed by atoms with Gasteiger partial charge in [0.25, 0.3) is 0 Å². The van der Waals surface area contributed by atoms with E-state index in [-0.39, 0.29) is 31.1 Å². The van der Waals surface area contributed by atoms with Gasteiger partial charge in [-0.3, -0.25) is 14.4 Å². The van der Waals surface area contributed by atoms with E-state index in [1.165, 1.54) is 199 Å². The number of rotatable bonds is 62. The third-order valence-electron chi connectivity index (χ3n) is 14.9. The number of hydrogen-bond donors (Lipinski definition) is 0. The van der Waals surface area contributed by atoms with Gasteiger partial charge >= 0.3 is 17.9 Å². The van der Waals surface area contributed by atoms with Crippen LogP contribution < -0.4 is 0 Å². The minimum atomic E-state index is -0.774. The van der Waals surface area contributed by atoms with Crippen molar-refractivity contribution in [1.82, 2.24) is 0 Å². The molecule has 456 valence electrons. The van der Waals surface area contributed by atoms with Gasteiger partial charge in [0, 0.05) is 19.3 Å². The van der Waals surface area contributed by atoms with E-state index in [2.05, 4.69) is 106 Å². The smallest absolute Gasteiger partial charge is 0.306 e. The quantitative estimate of drug-likeness (QED) is 0.0261. The molecule has 6 heteroatoms. The van der Waals surface area contributed by atoms with Gasteiger partial charge in [-0.25, -0.2) is 0 Å². The summed E-state index contributed by atoms with van der Waals surface area (Å²) in [5.74, 6) is -0.878. The first-order chi connectivity index (χ1) is 39.0. The Morgan fingerprint density at radius 3 is 0.772 bits per heavy atom. The van der Waals surface area contributed by atoms with Crippen LogP contribution in [0.1, 0.15) is 342 Å². The standard InChI is InChI=1S/C73H128O6/c1-4-7-10-13-15-17-19-21-23-25-27-29-31-33-34-35-36-37-38-40-41-43-45-47-49-51-53-55-57-60-63-66-72(75)78-69-70(68-77-71(74)65-62-59-12-9-6-3)79-73(76)67-64-61-58-56-54-52-50-48-46-44-42-39-32-30-28-26-24-22-20-18-16-14-11-8-5-2/h7,10,15,17,20-23,26-29,32,39,70H,4-6,8-9,11-14,16,18-19,24-25,30-31,33-38,40-69H2,1-3H3/b10-7-,17-15-,22-20-,23-21-,28-26-,29-27-,39-32-. The molecular formula is C73H128O6. The lowest BCUT2D eigenvalue weighted by Crippen LogP contribution is -2.30. The Balaban J connectivity index is 3.98. The van der Waals surface area contributed by atoms with E-state index >= 15 is 0 Å². The average molecular weight is 1100 g/mol. The number of esters is 3. The maximum absolute atomic E-state index is 12.8. The second kappa shape index (κ2) is 67.1. The molecule has 0 rings (SSSR count). The predicted octanol–water partition coefficient (Wildman–Crippen LogP) is 23.4. The van der Waals surface area contributed by atoms with Gasteiger partial charge in [-0.2, -0.15) is 0 Å². The van der Waals surface area contributed by atoms with Crippen LogP contribution in [0.25, 0.3) is 0 Å². The lowest BCUT2D eigenvalue weighted by Gasteiger charge is -2.18. The number of ether oxygens (including phenoxy) is 3. The Bertz CT molecular complexity index is 1500. The molecule has 0 aromatic rings. The van der Waals surface area contributed by atoms with E-state index in [9.17, 15) is 14.4 Å². The van der Waals surface area contributed by atoms with Gasteiger partial charge in [0.2, 0.25) is 0 Å². The van der Waals surface area contributed by atoms with E-state index in [1.807, 2.05) is 0 Å². The second-order valence-electron chi connectivity index (χ2n) is 22.7. The van der Waals surface area contributed by atoms with Gasteiger partial charge in [0.15, 0.2) is 6.10 Å². The first kappa shape index (κ1) is 75.6.